The number of carbonyl (C=O) groups excluding carboxylic acids is 2. The summed E-state index contributed by atoms with van der Waals surface area (Å²) in [5, 5.41) is 20.4. The average molecular weight is 655 g/mol. The van der Waals surface area contributed by atoms with Crippen LogP contribution < -0.4 is 10.1 Å². The van der Waals surface area contributed by atoms with Crippen molar-refractivity contribution in [2.75, 3.05) is 12.9 Å². The maximum atomic E-state index is 13.9. The van der Waals surface area contributed by atoms with E-state index in [4.69, 9.17) is 9.84 Å². The molecule has 0 saturated heterocycles. The van der Waals surface area contributed by atoms with Crippen LogP contribution in [-0.4, -0.2) is 50.2 Å². The highest BCUT2D eigenvalue weighted by atomic mass is 32.2. The number of hydrazone groups is 1. The molecule has 0 fully saturated rings. The molecule has 9 nitrogen and oxygen atoms in total. The number of methoxy groups -OCH3 is 1. The van der Waals surface area contributed by atoms with E-state index >= 15 is 0 Å². The summed E-state index contributed by atoms with van der Waals surface area (Å²) >= 11 is 2.61. The molecule has 2 amide bonds. The van der Waals surface area contributed by atoms with Crippen LogP contribution in [0.25, 0.3) is 5.69 Å². The van der Waals surface area contributed by atoms with Gasteiger partial charge in [0.1, 0.15) is 11.6 Å². The Bertz CT molecular complexity index is 1890. The quantitative estimate of drug-likeness (QED) is 0.173. The van der Waals surface area contributed by atoms with Crippen LogP contribution >= 0.6 is 23.1 Å². The number of nitrogens with zero attached hydrogens (tertiary/aromatic N) is 5. The van der Waals surface area contributed by atoms with Gasteiger partial charge >= 0.3 is 0 Å². The van der Waals surface area contributed by atoms with Gasteiger partial charge < -0.3 is 10.1 Å². The summed E-state index contributed by atoms with van der Waals surface area (Å²) in [5.41, 5.74) is 5.32. The Labute approximate surface area is 274 Å². The van der Waals surface area contributed by atoms with Gasteiger partial charge in [0.15, 0.2) is 11.0 Å². The molecule has 6 rings (SSSR count). The van der Waals surface area contributed by atoms with Crippen molar-refractivity contribution in [3.05, 3.63) is 123 Å². The normalized spacial score (nSPS) is 14.3. The SMILES string of the molecule is COc1ccc(C2=NN(C(=O)CSc3nnc(CNC(=O)c4cccs4)n3-c3cc(C)ccc3C)[C@@H](c3ccc(F)cc3)C2)cc1. The number of hydrogen-bond donors (Lipinski definition) is 1. The molecule has 1 atom stereocenters. The lowest BCUT2D eigenvalue weighted by molar-refractivity contribution is -0.130. The Kier molecular flexibility index (Phi) is 9.27. The number of rotatable bonds is 10. The number of aromatic nitrogens is 3. The monoisotopic (exact) mass is 654 g/mol. The van der Waals surface area contributed by atoms with E-state index in [1.807, 2.05) is 72.3 Å². The summed E-state index contributed by atoms with van der Waals surface area (Å²) in [7, 11) is 1.61. The number of ether oxygens (including phenoxy) is 1. The molecule has 12 heteroatoms. The predicted molar refractivity (Wildman–Crippen MR) is 177 cm³/mol. The van der Waals surface area contributed by atoms with Crippen molar-refractivity contribution in [3.63, 3.8) is 0 Å². The first kappa shape index (κ1) is 31.2. The zero-order chi connectivity index (χ0) is 32.2. The van der Waals surface area contributed by atoms with E-state index in [0.29, 0.717) is 22.3 Å². The van der Waals surface area contributed by atoms with E-state index in [1.54, 1.807) is 25.3 Å². The fourth-order valence-electron chi connectivity index (χ4n) is 5.20. The molecule has 46 heavy (non-hydrogen) atoms. The maximum Gasteiger partial charge on any atom is 0.261 e. The van der Waals surface area contributed by atoms with Crippen molar-refractivity contribution in [2.24, 2.45) is 5.10 Å². The number of amides is 2. The topological polar surface area (TPSA) is 102 Å². The molecule has 0 bridgehead atoms. The predicted octanol–water partition coefficient (Wildman–Crippen LogP) is 6.49. The van der Waals surface area contributed by atoms with Gasteiger partial charge in [0, 0.05) is 6.42 Å². The largest absolute Gasteiger partial charge is 0.497 e. The lowest BCUT2D eigenvalue weighted by atomic mass is 9.98. The van der Waals surface area contributed by atoms with Gasteiger partial charge in [0.25, 0.3) is 11.8 Å². The standard InChI is InChI=1S/C34H31FN6O3S2/c1-21-6-7-22(2)28(17-21)40-31(19-36-33(43)30-5-4-16-45-30)37-38-34(40)46-20-32(42)41-29(24-8-12-25(35)13-9-24)18-27(39-41)23-10-14-26(44-3)15-11-23/h4-17,29H,18-20H2,1-3H3,(H,36,43)/t29-/m1/s1. The van der Waals surface area contributed by atoms with Crippen LogP contribution in [0.1, 0.15) is 50.2 Å². The Morgan fingerprint density at radius 2 is 1.83 bits per heavy atom. The molecule has 3 aromatic carbocycles. The smallest absolute Gasteiger partial charge is 0.261 e. The summed E-state index contributed by atoms with van der Waals surface area (Å²) in [5.74, 6) is 0.521. The average Bonchev–Trinajstić information content (AvgIpc) is 3.85. The summed E-state index contributed by atoms with van der Waals surface area (Å²) < 4.78 is 21.0. The fourth-order valence-corrected chi connectivity index (χ4v) is 6.66. The number of nitrogens with one attached hydrogen (secondary N) is 1. The first-order valence-corrected chi connectivity index (χ1v) is 16.4. The minimum Gasteiger partial charge on any atom is -0.497 e. The molecule has 2 aromatic heterocycles. The van der Waals surface area contributed by atoms with Gasteiger partial charge in [-0.2, -0.15) is 5.10 Å². The number of thioether (sulfide) groups is 1. The lowest BCUT2D eigenvalue weighted by Gasteiger charge is -2.22. The van der Waals surface area contributed by atoms with Gasteiger partial charge in [-0.05, 0) is 90.0 Å². The van der Waals surface area contributed by atoms with E-state index in [1.165, 1.54) is 40.2 Å². The van der Waals surface area contributed by atoms with Crippen molar-refractivity contribution in [3.8, 4) is 11.4 Å². The first-order valence-electron chi connectivity index (χ1n) is 14.6. The van der Waals surface area contributed by atoms with Gasteiger partial charge in [-0.15, -0.1) is 21.5 Å². The third-order valence-corrected chi connectivity index (χ3v) is 9.41. The molecule has 1 aliphatic rings. The minimum absolute atomic E-state index is 0.0294. The van der Waals surface area contributed by atoms with E-state index in [0.717, 1.165) is 39.4 Å². The summed E-state index contributed by atoms with van der Waals surface area (Å²) in [4.78, 5) is 27.2. The molecule has 1 aliphatic heterocycles. The van der Waals surface area contributed by atoms with Gasteiger partial charge in [0.05, 0.1) is 41.7 Å². The highest BCUT2D eigenvalue weighted by molar-refractivity contribution is 7.99. The van der Waals surface area contributed by atoms with Gasteiger partial charge in [-0.3, -0.25) is 14.2 Å². The molecular weight excluding hydrogens is 624 g/mol. The van der Waals surface area contributed by atoms with Crippen LogP contribution in [0.5, 0.6) is 5.75 Å². The van der Waals surface area contributed by atoms with E-state index in [9.17, 15) is 14.0 Å². The second-order valence-electron chi connectivity index (χ2n) is 10.8. The van der Waals surface area contributed by atoms with E-state index in [2.05, 4.69) is 15.5 Å². The van der Waals surface area contributed by atoms with Crippen molar-refractivity contribution < 1.29 is 18.7 Å². The molecule has 1 N–H and O–H groups in total. The molecule has 0 spiro atoms. The van der Waals surface area contributed by atoms with Crippen molar-refractivity contribution in [1.29, 1.82) is 0 Å². The molecule has 3 heterocycles. The maximum absolute atomic E-state index is 13.9. The second-order valence-corrected chi connectivity index (χ2v) is 12.6. The second kappa shape index (κ2) is 13.7. The zero-order valence-electron chi connectivity index (χ0n) is 25.4. The number of benzene rings is 3. The van der Waals surface area contributed by atoms with Gasteiger partial charge in [0.2, 0.25) is 0 Å². The highest BCUT2D eigenvalue weighted by Gasteiger charge is 2.33. The van der Waals surface area contributed by atoms with Gasteiger partial charge in [-0.1, -0.05) is 42.1 Å². The molecule has 0 radical (unpaired) electrons. The molecule has 0 saturated carbocycles. The van der Waals surface area contributed by atoms with Crippen molar-refractivity contribution >= 4 is 40.6 Å². The number of thiophene rings is 1. The molecule has 234 valence electrons. The lowest BCUT2D eigenvalue weighted by Crippen LogP contribution is -2.28. The Hall–Kier alpha value is -4.81. The van der Waals surface area contributed by atoms with Crippen LogP contribution in [0.3, 0.4) is 0 Å². The zero-order valence-corrected chi connectivity index (χ0v) is 27.1. The van der Waals surface area contributed by atoms with Crippen LogP contribution in [0.2, 0.25) is 0 Å². The summed E-state index contributed by atoms with van der Waals surface area (Å²) in [6.45, 7) is 4.15. The molecular formula is C34H31FN6O3S2. The van der Waals surface area contributed by atoms with E-state index in [-0.39, 0.29) is 29.9 Å². The number of halogens is 1. The van der Waals surface area contributed by atoms with Crippen LogP contribution in [0, 0.1) is 19.7 Å². The fraction of sp³-hybridized carbons (Fsp3) is 0.206. The van der Waals surface area contributed by atoms with Crippen molar-refractivity contribution in [2.45, 2.75) is 38.0 Å². The Balaban J connectivity index is 1.27. The van der Waals surface area contributed by atoms with Crippen LogP contribution in [0.15, 0.2) is 94.5 Å². The third kappa shape index (κ3) is 6.73. The van der Waals surface area contributed by atoms with E-state index < -0.39 is 6.04 Å². The molecule has 0 unspecified atom stereocenters. The van der Waals surface area contributed by atoms with Gasteiger partial charge in [-0.25, -0.2) is 9.40 Å². The number of aryl methyl sites for hydroxylation is 2. The first-order chi connectivity index (χ1) is 22.3. The summed E-state index contributed by atoms with van der Waals surface area (Å²) in [6.07, 6.45) is 0.473. The highest BCUT2D eigenvalue weighted by Crippen LogP contribution is 2.34. The van der Waals surface area contributed by atoms with Crippen LogP contribution in [-0.2, 0) is 11.3 Å². The summed E-state index contributed by atoms with van der Waals surface area (Å²) in [6, 6.07) is 23.0. The Morgan fingerprint density at radius 1 is 1.04 bits per heavy atom. The minimum atomic E-state index is -0.397. The van der Waals surface area contributed by atoms with Crippen LogP contribution in [0.4, 0.5) is 4.39 Å². The third-order valence-electron chi connectivity index (χ3n) is 7.63. The molecule has 5 aromatic rings. The molecule has 0 aliphatic carbocycles. The van der Waals surface area contributed by atoms with Crippen molar-refractivity contribution in [1.82, 2.24) is 25.1 Å². The Morgan fingerprint density at radius 3 is 2.54 bits per heavy atom. The number of hydrogen-bond acceptors (Lipinski definition) is 8. The number of carbonyl (C=O) groups is 2.